The van der Waals surface area contributed by atoms with Crippen LogP contribution in [-0.4, -0.2) is 84.2 Å². The number of carbonyl (C=O) groups excluding carboxylic acids is 4. The summed E-state index contributed by atoms with van der Waals surface area (Å²) in [6.45, 7) is 9.37. The topological polar surface area (TPSA) is 173 Å². The molecule has 6 rings (SSSR count). The SMILES string of the molecule is C=C[C@H]1C[C@]1(NC(=O)[C@@H]1C[C@@H]2CN1C(=O)[C@H](C(C)(C)C)NC(=O)OCCCCCc1cc(I)c3ccnc(c3c1)O2)C(=O)NS(=O)(=O)C1CC1. The number of hydrogen-bond acceptors (Lipinski definition) is 9. The second-order valence-corrected chi connectivity index (χ2v) is 18.0. The number of halogens is 1. The fraction of sp³-hybridized carbons (Fsp3) is 0.571. The number of hydrogen-bond donors (Lipinski definition) is 3. The van der Waals surface area contributed by atoms with Crippen molar-refractivity contribution in [3.63, 3.8) is 0 Å². The van der Waals surface area contributed by atoms with Gasteiger partial charge in [0.1, 0.15) is 23.7 Å². The predicted octanol–water partition coefficient (Wildman–Crippen LogP) is 3.72. The lowest BCUT2D eigenvalue weighted by Crippen LogP contribution is -2.60. The van der Waals surface area contributed by atoms with Gasteiger partial charge in [0.15, 0.2) is 0 Å². The van der Waals surface area contributed by atoms with E-state index in [0.717, 1.165) is 39.2 Å². The second-order valence-electron chi connectivity index (χ2n) is 14.8. The number of nitrogens with one attached hydrogen (secondary N) is 3. The number of benzene rings is 1. The molecule has 0 radical (unpaired) electrons. The van der Waals surface area contributed by atoms with Gasteiger partial charge in [-0.2, -0.15) is 0 Å². The molecule has 50 heavy (non-hydrogen) atoms. The van der Waals surface area contributed by atoms with Crippen LogP contribution in [-0.2, 0) is 35.6 Å². The van der Waals surface area contributed by atoms with Gasteiger partial charge in [-0.25, -0.2) is 18.2 Å². The van der Waals surface area contributed by atoms with E-state index < -0.39 is 74.1 Å². The second kappa shape index (κ2) is 13.9. The summed E-state index contributed by atoms with van der Waals surface area (Å²) in [6, 6.07) is 3.94. The molecule has 1 aromatic carbocycles. The van der Waals surface area contributed by atoms with Gasteiger partial charge in [-0.1, -0.05) is 26.8 Å². The van der Waals surface area contributed by atoms with E-state index in [1.54, 1.807) is 27.0 Å². The Morgan fingerprint density at radius 1 is 1.16 bits per heavy atom. The van der Waals surface area contributed by atoms with Crippen LogP contribution in [0, 0.1) is 14.9 Å². The number of aryl methyl sites for hydroxylation is 1. The summed E-state index contributed by atoms with van der Waals surface area (Å²) < 4.78 is 40.5. The number of fused-ring (bicyclic) bond motifs is 3. The van der Waals surface area contributed by atoms with Crippen LogP contribution in [0.1, 0.15) is 71.3 Å². The van der Waals surface area contributed by atoms with Crippen LogP contribution in [0.3, 0.4) is 0 Å². The van der Waals surface area contributed by atoms with E-state index >= 15 is 0 Å². The Labute approximate surface area is 305 Å². The number of aromatic nitrogens is 1. The molecular weight excluding hydrogens is 777 g/mol. The van der Waals surface area contributed by atoms with Crippen molar-refractivity contribution in [3.05, 3.63) is 46.2 Å². The first-order chi connectivity index (χ1) is 23.6. The van der Waals surface area contributed by atoms with E-state index in [4.69, 9.17) is 9.47 Å². The number of carbonyl (C=O) groups is 4. The Bertz CT molecular complexity index is 1830. The Balaban J connectivity index is 1.34. The van der Waals surface area contributed by atoms with Gasteiger partial charge in [-0.15, -0.1) is 6.58 Å². The molecule has 4 bridgehead atoms. The molecule has 2 aliphatic carbocycles. The summed E-state index contributed by atoms with van der Waals surface area (Å²) in [5.41, 5.74) is -1.19. The van der Waals surface area contributed by atoms with Crippen LogP contribution < -0.4 is 20.1 Å². The molecule has 270 valence electrons. The summed E-state index contributed by atoms with van der Waals surface area (Å²) >= 11 is 2.30. The maximum absolute atomic E-state index is 14.4. The van der Waals surface area contributed by atoms with Crippen molar-refractivity contribution < 1.29 is 37.1 Å². The summed E-state index contributed by atoms with van der Waals surface area (Å²) in [7, 11) is -3.88. The van der Waals surface area contributed by atoms with Gasteiger partial charge in [-0.3, -0.25) is 19.1 Å². The summed E-state index contributed by atoms with van der Waals surface area (Å²) in [4.78, 5) is 61.0. The molecule has 3 fully saturated rings. The molecular formula is C35H44IN5O8S. The minimum atomic E-state index is -3.88. The van der Waals surface area contributed by atoms with Gasteiger partial charge in [0, 0.05) is 32.9 Å². The Kier molecular flexibility index (Phi) is 10.1. The zero-order chi connectivity index (χ0) is 36.0. The fourth-order valence-electron chi connectivity index (χ4n) is 6.81. The first kappa shape index (κ1) is 36.3. The molecule has 15 heteroatoms. The zero-order valence-electron chi connectivity index (χ0n) is 28.5. The largest absolute Gasteiger partial charge is 0.472 e. The highest BCUT2D eigenvalue weighted by Crippen LogP contribution is 2.45. The normalized spacial score (nSPS) is 27.7. The van der Waals surface area contributed by atoms with Gasteiger partial charge < -0.3 is 25.0 Å². The van der Waals surface area contributed by atoms with Crippen LogP contribution in [0.4, 0.5) is 4.79 Å². The number of nitrogens with zero attached hydrogens (tertiary/aromatic N) is 2. The molecule has 1 aromatic heterocycles. The molecule has 3 heterocycles. The van der Waals surface area contributed by atoms with Crippen molar-refractivity contribution in [2.24, 2.45) is 11.3 Å². The van der Waals surface area contributed by atoms with Crippen LogP contribution in [0.25, 0.3) is 10.8 Å². The molecule has 4 amide bonds. The molecule has 5 atom stereocenters. The number of rotatable bonds is 6. The quantitative estimate of drug-likeness (QED) is 0.290. The van der Waals surface area contributed by atoms with Crippen LogP contribution in [0.15, 0.2) is 37.1 Å². The summed E-state index contributed by atoms with van der Waals surface area (Å²) in [5, 5.41) is 6.70. The summed E-state index contributed by atoms with van der Waals surface area (Å²) in [6.07, 6.45) is 6.13. The number of alkyl carbamates (subject to hydrolysis) is 1. The van der Waals surface area contributed by atoms with E-state index in [1.807, 2.05) is 6.07 Å². The molecule has 0 spiro atoms. The third-order valence-electron chi connectivity index (χ3n) is 9.95. The number of amides is 4. The van der Waals surface area contributed by atoms with Crippen molar-refractivity contribution in [1.29, 1.82) is 0 Å². The Morgan fingerprint density at radius 3 is 2.60 bits per heavy atom. The van der Waals surface area contributed by atoms with Crippen molar-refractivity contribution in [1.82, 2.24) is 25.2 Å². The number of ether oxygens (including phenoxy) is 2. The van der Waals surface area contributed by atoms with Gasteiger partial charge in [0.05, 0.1) is 18.4 Å². The third-order valence-corrected chi connectivity index (χ3v) is 12.7. The lowest BCUT2D eigenvalue weighted by atomic mass is 9.85. The van der Waals surface area contributed by atoms with E-state index in [2.05, 4.69) is 61.6 Å². The highest BCUT2D eigenvalue weighted by atomic mass is 127. The first-order valence-corrected chi connectivity index (χ1v) is 19.7. The highest BCUT2D eigenvalue weighted by molar-refractivity contribution is 14.1. The lowest BCUT2D eigenvalue weighted by molar-refractivity contribution is -0.142. The summed E-state index contributed by atoms with van der Waals surface area (Å²) in [5.74, 6) is -2.11. The predicted molar refractivity (Wildman–Crippen MR) is 194 cm³/mol. The van der Waals surface area contributed by atoms with Gasteiger partial charge in [0.25, 0.3) is 5.91 Å². The smallest absolute Gasteiger partial charge is 0.407 e. The standard InChI is InChI=1S/C35H44IN5O8S/c1-5-21-18-35(21,32(44)40-50(46,47)23-10-11-23)39-29(42)27-17-22-19-41(27)31(43)28(34(2,3)4)38-33(45)48-14-8-6-7-9-20-15-25-24(26(36)16-20)12-13-37-30(25)49-22/h5,12-13,15-16,21-23,27-28H,1,6-11,14,17-19H2,2-4H3,(H,38,45)(H,39,42)(H,40,44)/t21-,22+,27-,28+,35+/m0/s1. The number of sulfonamides is 1. The monoisotopic (exact) mass is 821 g/mol. The number of pyridine rings is 1. The number of cyclic esters (lactones) is 1. The van der Waals surface area contributed by atoms with Crippen LogP contribution in [0.5, 0.6) is 5.88 Å². The van der Waals surface area contributed by atoms with E-state index in [-0.39, 0.29) is 26.0 Å². The lowest BCUT2D eigenvalue weighted by Gasteiger charge is -2.35. The molecule has 2 aliphatic heterocycles. The van der Waals surface area contributed by atoms with Crippen LogP contribution >= 0.6 is 22.6 Å². The fourth-order valence-corrected chi connectivity index (χ4v) is 9.04. The molecule has 2 saturated carbocycles. The van der Waals surface area contributed by atoms with Gasteiger partial charge in [0.2, 0.25) is 27.7 Å². The highest BCUT2D eigenvalue weighted by Gasteiger charge is 2.62. The van der Waals surface area contributed by atoms with Gasteiger partial charge in [-0.05, 0) is 96.7 Å². The van der Waals surface area contributed by atoms with E-state index in [0.29, 0.717) is 25.1 Å². The Hall–Kier alpha value is -3.47. The van der Waals surface area contributed by atoms with Crippen LogP contribution in [0.2, 0.25) is 0 Å². The molecule has 13 nitrogen and oxygen atoms in total. The average Bonchev–Trinajstić information content (AvgIpc) is 3.97. The maximum atomic E-state index is 14.4. The minimum absolute atomic E-state index is 0.00474. The van der Waals surface area contributed by atoms with Crippen molar-refractivity contribution in [3.8, 4) is 5.88 Å². The maximum Gasteiger partial charge on any atom is 0.407 e. The zero-order valence-corrected chi connectivity index (χ0v) is 31.5. The third kappa shape index (κ3) is 7.58. The minimum Gasteiger partial charge on any atom is -0.472 e. The molecule has 2 aromatic rings. The molecule has 0 unspecified atom stereocenters. The molecule has 3 N–H and O–H groups in total. The average molecular weight is 822 g/mol. The van der Waals surface area contributed by atoms with E-state index in [9.17, 15) is 27.6 Å². The van der Waals surface area contributed by atoms with Crippen molar-refractivity contribution >= 4 is 67.2 Å². The van der Waals surface area contributed by atoms with Crippen molar-refractivity contribution in [2.45, 2.75) is 101 Å². The van der Waals surface area contributed by atoms with Crippen molar-refractivity contribution in [2.75, 3.05) is 13.2 Å². The van der Waals surface area contributed by atoms with Gasteiger partial charge >= 0.3 is 6.09 Å². The molecule has 1 saturated heterocycles. The Morgan fingerprint density at radius 2 is 1.92 bits per heavy atom. The first-order valence-electron chi connectivity index (χ1n) is 17.1. The molecule has 4 aliphatic rings. The van der Waals surface area contributed by atoms with E-state index in [1.165, 1.54) is 11.0 Å².